The minimum atomic E-state index is -0.290. The first kappa shape index (κ1) is 16.6. The van der Waals surface area contributed by atoms with Gasteiger partial charge in [0, 0.05) is 18.8 Å². The van der Waals surface area contributed by atoms with Gasteiger partial charge in [0.25, 0.3) is 5.91 Å². The lowest BCUT2D eigenvalue weighted by Crippen LogP contribution is -2.46. The van der Waals surface area contributed by atoms with E-state index in [4.69, 9.17) is 0 Å². The summed E-state index contributed by atoms with van der Waals surface area (Å²) in [5, 5.41) is 7.73. The van der Waals surface area contributed by atoms with E-state index in [2.05, 4.69) is 17.3 Å². The standard InChI is InChI=1S/C18H23FN4O/c1-2-12-22(15-7-10-20-11-8-15)18(24)17-9-13-23(21-17)16-5-3-14(19)4-6-16/h3-6,9,13,15,20H,2,7-8,10-12H2,1H3. The van der Waals surface area contributed by atoms with Crippen molar-refractivity contribution in [1.82, 2.24) is 20.0 Å². The summed E-state index contributed by atoms with van der Waals surface area (Å²) in [4.78, 5) is 14.9. The van der Waals surface area contributed by atoms with Gasteiger partial charge in [-0.3, -0.25) is 4.79 Å². The zero-order chi connectivity index (χ0) is 16.9. The highest BCUT2D eigenvalue weighted by molar-refractivity contribution is 5.92. The molecule has 0 bridgehead atoms. The Bertz CT molecular complexity index is 677. The van der Waals surface area contributed by atoms with Crippen LogP contribution < -0.4 is 5.32 Å². The number of nitrogens with one attached hydrogen (secondary N) is 1. The van der Waals surface area contributed by atoms with E-state index in [0.717, 1.165) is 44.6 Å². The Hall–Kier alpha value is -2.21. The van der Waals surface area contributed by atoms with Crippen LogP contribution in [0.3, 0.4) is 0 Å². The van der Waals surface area contributed by atoms with Crippen LogP contribution in [0.1, 0.15) is 36.7 Å². The van der Waals surface area contributed by atoms with E-state index >= 15 is 0 Å². The predicted octanol–water partition coefficient (Wildman–Crippen LogP) is 2.62. The fraction of sp³-hybridized carbons (Fsp3) is 0.444. The highest BCUT2D eigenvalue weighted by atomic mass is 19.1. The summed E-state index contributed by atoms with van der Waals surface area (Å²) in [7, 11) is 0. The molecule has 0 spiro atoms. The monoisotopic (exact) mass is 330 g/mol. The summed E-state index contributed by atoms with van der Waals surface area (Å²) in [5.74, 6) is -0.313. The SMILES string of the molecule is CCCN(C(=O)c1ccn(-c2ccc(F)cc2)n1)C1CCNCC1. The van der Waals surface area contributed by atoms with Crippen molar-refractivity contribution in [2.75, 3.05) is 19.6 Å². The summed E-state index contributed by atoms with van der Waals surface area (Å²) in [6.07, 6.45) is 4.62. The molecule has 2 heterocycles. The normalized spacial score (nSPS) is 15.4. The molecule has 3 rings (SSSR count). The van der Waals surface area contributed by atoms with Crippen LogP contribution in [-0.4, -0.2) is 46.3 Å². The van der Waals surface area contributed by atoms with Crippen LogP contribution in [-0.2, 0) is 0 Å². The van der Waals surface area contributed by atoms with E-state index in [1.807, 2.05) is 4.90 Å². The van der Waals surface area contributed by atoms with Gasteiger partial charge in [0.1, 0.15) is 5.82 Å². The van der Waals surface area contributed by atoms with Crippen LogP contribution in [0.15, 0.2) is 36.5 Å². The maximum absolute atomic E-state index is 13.0. The van der Waals surface area contributed by atoms with Crippen LogP contribution in [0.2, 0.25) is 0 Å². The molecule has 0 unspecified atom stereocenters. The largest absolute Gasteiger partial charge is 0.334 e. The number of rotatable bonds is 5. The second-order valence-corrected chi connectivity index (χ2v) is 6.10. The van der Waals surface area contributed by atoms with Crippen molar-refractivity contribution in [2.24, 2.45) is 0 Å². The highest BCUT2D eigenvalue weighted by Crippen LogP contribution is 2.16. The topological polar surface area (TPSA) is 50.2 Å². The number of hydrogen-bond acceptors (Lipinski definition) is 3. The Morgan fingerprint density at radius 2 is 2.00 bits per heavy atom. The number of carbonyl (C=O) groups is 1. The van der Waals surface area contributed by atoms with Crippen molar-refractivity contribution >= 4 is 5.91 Å². The number of halogens is 1. The number of hydrogen-bond donors (Lipinski definition) is 1. The molecule has 1 saturated heterocycles. The molecule has 0 radical (unpaired) electrons. The summed E-state index contributed by atoms with van der Waals surface area (Å²) < 4.78 is 14.6. The zero-order valence-corrected chi connectivity index (χ0v) is 13.9. The Morgan fingerprint density at radius 1 is 1.29 bits per heavy atom. The smallest absolute Gasteiger partial charge is 0.274 e. The second kappa shape index (κ2) is 7.57. The minimum absolute atomic E-state index is 0.0235. The average Bonchev–Trinajstić information content (AvgIpc) is 3.10. The lowest BCUT2D eigenvalue weighted by atomic mass is 10.0. The second-order valence-electron chi connectivity index (χ2n) is 6.10. The number of amides is 1. The first-order valence-corrected chi connectivity index (χ1v) is 8.52. The van der Waals surface area contributed by atoms with Gasteiger partial charge in [-0.25, -0.2) is 9.07 Å². The van der Waals surface area contributed by atoms with Gasteiger partial charge in [-0.2, -0.15) is 5.10 Å². The van der Waals surface area contributed by atoms with Gasteiger partial charge >= 0.3 is 0 Å². The summed E-state index contributed by atoms with van der Waals surface area (Å²) in [6, 6.07) is 8.07. The van der Waals surface area contributed by atoms with E-state index in [1.165, 1.54) is 12.1 Å². The van der Waals surface area contributed by atoms with Gasteiger partial charge < -0.3 is 10.2 Å². The lowest BCUT2D eigenvalue weighted by molar-refractivity contribution is 0.0636. The number of carbonyl (C=O) groups excluding carboxylic acids is 1. The van der Waals surface area contributed by atoms with Crippen molar-refractivity contribution < 1.29 is 9.18 Å². The molecule has 128 valence electrons. The Labute approximate surface area is 141 Å². The third kappa shape index (κ3) is 3.64. The van der Waals surface area contributed by atoms with Crippen molar-refractivity contribution in [3.8, 4) is 5.69 Å². The number of benzene rings is 1. The molecule has 0 aliphatic carbocycles. The first-order valence-electron chi connectivity index (χ1n) is 8.52. The fourth-order valence-electron chi connectivity index (χ4n) is 3.13. The van der Waals surface area contributed by atoms with Gasteiger partial charge in [0.05, 0.1) is 5.69 Å². The molecule has 1 amide bonds. The third-order valence-corrected chi connectivity index (χ3v) is 4.37. The molecule has 1 N–H and O–H groups in total. The molecule has 0 atom stereocenters. The average molecular weight is 330 g/mol. The molecule has 6 heteroatoms. The van der Waals surface area contributed by atoms with Crippen molar-refractivity contribution in [1.29, 1.82) is 0 Å². The maximum Gasteiger partial charge on any atom is 0.274 e. The van der Waals surface area contributed by atoms with Crippen LogP contribution in [0, 0.1) is 5.82 Å². The molecule has 24 heavy (non-hydrogen) atoms. The van der Waals surface area contributed by atoms with Crippen LogP contribution >= 0.6 is 0 Å². The molecular weight excluding hydrogens is 307 g/mol. The Kier molecular flexibility index (Phi) is 5.25. The zero-order valence-electron chi connectivity index (χ0n) is 13.9. The summed E-state index contributed by atoms with van der Waals surface area (Å²) in [5.41, 5.74) is 1.17. The van der Waals surface area contributed by atoms with Crippen molar-refractivity contribution in [3.05, 3.63) is 48.0 Å². The van der Waals surface area contributed by atoms with E-state index in [1.54, 1.807) is 29.1 Å². The molecule has 0 saturated carbocycles. The summed E-state index contributed by atoms with van der Waals surface area (Å²) in [6.45, 7) is 4.72. The maximum atomic E-state index is 13.0. The van der Waals surface area contributed by atoms with Crippen molar-refractivity contribution in [2.45, 2.75) is 32.2 Å². The van der Waals surface area contributed by atoms with E-state index in [9.17, 15) is 9.18 Å². The van der Waals surface area contributed by atoms with Crippen LogP contribution in [0.25, 0.3) is 5.69 Å². The predicted molar refractivity (Wildman–Crippen MR) is 90.7 cm³/mol. The third-order valence-electron chi connectivity index (χ3n) is 4.37. The molecule has 1 aromatic heterocycles. The van der Waals surface area contributed by atoms with E-state index < -0.39 is 0 Å². The van der Waals surface area contributed by atoms with Gasteiger partial charge in [-0.1, -0.05) is 6.92 Å². The highest BCUT2D eigenvalue weighted by Gasteiger charge is 2.26. The lowest BCUT2D eigenvalue weighted by Gasteiger charge is -2.34. The van der Waals surface area contributed by atoms with Gasteiger partial charge in [0.15, 0.2) is 5.69 Å². The van der Waals surface area contributed by atoms with E-state index in [-0.39, 0.29) is 17.8 Å². The van der Waals surface area contributed by atoms with Gasteiger partial charge in [0.2, 0.25) is 0 Å². The number of piperidine rings is 1. The molecule has 5 nitrogen and oxygen atoms in total. The molecule has 2 aromatic rings. The number of nitrogens with zero attached hydrogens (tertiary/aromatic N) is 3. The first-order chi connectivity index (χ1) is 11.7. The Balaban J connectivity index is 1.78. The van der Waals surface area contributed by atoms with Gasteiger partial charge in [-0.15, -0.1) is 0 Å². The van der Waals surface area contributed by atoms with Gasteiger partial charge in [-0.05, 0) is 62.7 Å². The molecule has 1 aliphatic rings. The summed E-state index contributed by atoms with van der Waals surface area (Å²) >= 11 is 0. The van der Waals surface area contributed by atoms with Crippen molar-refractivity contribution in [3.63, 3.8) is 0 Å². The molecule has 1 aliphatic heterocycles. The fourth-order valence-corrected chi connectivity index (χ4v) is 3.13. The van der Waals surface area contributed by atoms with E-state index in [0.29, 0.717) is 5.69 Å². The Morgan fingerprint density at radius 3 is 2.67 bits per heavy atom. The van der Waals surface area contributed by atoms with Crippen LogP contribution in [0.5, 0.6) is 0 Å². The molecule has 1 aromatic carbocycles. The molecule has 1 fully saturated rings. The number of aromatic nitrogens is 2. The molecular formula is C18H23FN4O. The quantitative estimate of drug-likeness (QED) is 0.917. The van der Waals surface area contributed by atoms with Crippen LogP contribution in [0.4, 0.5) is 4.39 Å². The minimum Gasteiger partial charge on any atom is -0.334 e.